The Balaban J connectivity index is 1.42. The van der Waals surface area contributed by atoms with Crippen molar-refractivity contribution in [1.29, 1.82) is 0 Å². The van der Waals surface area contributed by atoms with Crippen molar-refractivity contribution in [2.45, 2.75) is 83.8 Å². The highest BCUT2D eigenvalue weighted by Crippen LogP contribution is 2.34. The van der Waals surface area contributed by atoms with E-state index in [9.17, 15) is 39.0 Å². The highest BCUT2D eigenvalue weighted by atomic mass is 16.8. The average molecular weight is 771 g/mol. The molecule has 0 saturated carbocycles. The summed E-state index contributed by atoms with van der Waals surface area (Å²) in [5, 5.41) is 20.3. The number of ether oxygens (including phenoxy) is 9. The Kier molecular flexibility index (Phi) is 12.8. The van der Waals surface area contributed by atoms with Crippen LogP contribution in [0.3, 0.4) is 0 Å². The van der Waals surface area contributed by atoms with Gasteiger partial charge in [0, 0.05) is 46.8 Å². The van der Waals surface area contributed by atoms with E-state index >= 15 is 0 Å². The van der Waals surface area contributed by atoms with Gasteiger partial charge in [0.05, 0.1) is 5.56 Å². The molecular formula is C37H38O18. The Morgan fingerprint density at radius 2 is 1.31 bits per heavy atom. The Labute approximate surface area is 312 Å². The van der Waals surface area contributed by atoms with Crippen molar-refractivity contribution in [3.8, 4) is 28.4 Å². The lowest BCUT2D eigenvalue weighted by molar-refractivity contribution is -0.322. The molecule has 294 valence electrons. The fourth-order valence-electron chi connectivity index (χ4n) is 5.86. The Bertz CT molecular complexity index is 2000. The number of benzene rings is 2. The van der Waals surface area contributed by atoms with Crippen molar-refractivity contribution in [2.24, 2.45) is 0 Å². The third-order valence-corrected chi connectivity index (χ3v) is 8.08. The molecule has 3 aromatic rings. The molecule has 0 amide bonds. The topological polar surface area (TPSA) is 239 Å². The maximum Gasteiger partial charge on any atom is 0.303 e. The highest BCUT2D eigenvalue weighted by Gasteiger charge is 2.53. The van der Waals surface area contributed by atoms with Gasteiger partial charge in [-0.15, -0.1) is 0 Å². The predicted molar refractivity (Wildman–Crippen MR) is 183 cm³/mol. The van der Waals surface area contributed by atoms with Crippen LogP contribution in [0, 0.1) is 0 Å². The minimum atomic E-state index is -1.58. The van der Waals surface area contributed by atoms with Crippen LogP contribution in [-0.4, -0.2) is 102 Å². The standard InChI is InChI=1S/C37H38O18/c1-17(38)46-15-29-27(54-37-36(51-21(5)42)35(50-20(4)41)34(49-19(3)40)30(55-37)16-47-18(2)39)10-11-31(53-29)52-24-12-26(44)32-28(13-24)48-14-25(33(32)45)22-6-8-23(43)9-7-22/h6-14,27,29-31,34-37,43-44H,15-16H2,1-5H3/t27-,29+,30+,31-,34-,35-,36+,37+/m0/s1. The zero-order valence-corrected chi connectivity index (χ0v) is 30.2. The molecular weight excluding hydrogens is 732 g/mol. The number of phenols is 2. The maximum atomic E-state index is 13.3. The Hall–Kier alpha value is -5.98. The van der Waals surface area contributed by atoms with Gasteiger partial charge in [0.1, 0.15) is 66.0 Å². The SMILES string of the molecule is CC(=O)OC[C@H]1O[C@@H](O[C@H]2C=C[C@@H](Oc3cc(O)c4c(=O)c(-c5ccc(O)cc5)coc4c3)O[C@@H]2COC(C)=O)[C@H](OC(C)=O)[C@@H](OC(C)=O)[C@H]1OC(C)=O. The molecule has 1 aromatic heterocycles. The fourth-order valence-corrected chi connectivity index (χ4v) is 5.86. The van der Waals surface area contributed by atoms with Crippen molar-refractivity contribution in [3.05, 3.63) is 65.0 Å². The normalized spacial score (nSPS) is 24.7. The first-order valence-corrected chi connectivity index (χ1v) is 16.8. The second-order valence-corrected chi connectivity index (χ2v) is 12.4. The first-order chi connectivity index (χ1) is 26.1. The predicted octanol–water partition coefficient (Wildman–Crippen LogP) is 2.56. The number of fused-ring (bicyclic) bond motifs is 1. The third-order valence-electron chi connectivity index (χ3n) is 8.08. The largest absolute Gasteiger partial charge is 0.508 e. The number of carbonyl (C=O) groups excluding carboxylic acids is 5. The molecule has 1 saturated heterocycles. The molecule has 8 atom stereocenters. The zero-order chi connectivity index (χ0) is 40.0. The van der Waals surface area contributed by atoms with Crippen LogP contribution in [0.4, 0.5) is 0 Å². The summed E-state index contributed by atoms with van der Waals surface area (Å²) in [4.78, 5) is 73.4. The number of carbonyl (C=O) groups is 5. The fraction of sp³-hybridized carbons (Fsp3) is 0.405. The van der Waals surface area contributed by atoms with Crippen LogP contribution < -0.4 is 10.2 Å². The number of esters is 5. The molecule has 2 aliphatic heterocycles. The Morgan fingerprint density at radius 3 is 1.93 bits per heavy atom. The van der Waals surface area contributed by atoms with Crippen molar-refractivity contribution >= 4 is 40.8 Å². The summed E-state index contributed by atoms with van der Waals surface area (Å²) in [7, 11) is 0. The average Bonchev–Trinajstić information content (AvgIpc) is 3.09. The summed E-state index contributed by atoms with van der Waals surface area (Å²) in [5.74, 6) is -4.29. The van der Waals surface area contributed by atoms with Crippen molar-refractivity contribution < 1.29 is 81.2 Å². The van der Waals surface area contributed by atoms with E-state index in [-0.39, 0.29) is 28.0 Å². The molecule has 1 fully saturated rings. The van der Waals surface area contributed by atoms with Crippen LogP contribution in [0.15, 0.2) is 64.0 Å². The van der Waals surface area contributed by atoms with Gasteiger partial charge < -0.3 is 57.3 Å². The number of phenolic OH excluding ortho intramolecular Hbond substituents is 2. The van der Waals surface area contributed by atoms with Gasteiger partial charge in [-0.2, -0.15) is 0 Å². The van der Waals surface area contributed by atoms with E-state index in [1.54, 1.807) is 0 Å². The summed E-state index contributed by atoms with van der Waals surface area (Å²) < 4.78 is 56.5. The molecule has 2 N–H and O–H groups in total. The van der Waals surface area contributed by atoms with Crippen LogP contribution in [0.25, 0.3) is 22.1 Å². The van der Waals surface area contributed by atoms with Crippen LogP contribution in [0.1, 0.15) is 34.6 Å². The van der Waals surface area contributed by atoms with E-state index in [2.05, 4.69) is 0 Å². The minimum Gasteiger partial charge on any atom is -0.508 e. The molecule has 0 unspecified atom stereocenters. The van der Waals surface area contributed by atoms with Crippen molar-refractivity contribution in [2.75, 3.05) is 13.2 Å². The van der Waals surface area contributed by atoms with E-state index in [0.29, 0.717) is 5.56 Å². The first-order valence-electron chi connectivity index (χ1n) is 16.8. The van der Waals surface area contributed by atoms with Gasteiger partial charge in [-0.25, -0.2) is 0 Å². The van der Waals surface area contributed by atoms with E-state index in [4.69, 9.17) is 47.0 Å². The molecule has 2 aromatic carbocycles. The van der Waals surface area contributed by atoms with E-state index < -0.39 is 103 Å². The van der Waals surface area contributed by atoms with E-state index in [0.717, 1.165) is 27.7 Å². The molecule has 18 nitrogen and oxygen atoms in total. The van der Waals surface area contributed by atoms with Crippen LogP contribution >= 0.6 is 0 Å². The summed E-state index contributed by atoms with van der Waals surface area (Å²) >= 11 is 0. The van der Waals surface area contributed by atoms with Crippen molar-refractivity contribution in [1.82, 2.24) is 0 Å². The van der Waals surface area contributed by atoms with Gasteiger partial charge in [0.15, 0.2) is 24.6 Å². The number of rotatable bonds is 12. The molecule has 0 radical (unpaired) electrons. The van der Waals surface area contributed by atoms with Gasteiger partial charge in [0.2, 0.25) is 11.7 Å². The number of aromatic hydroxyl groups is 2. The summed E-state index contributed by atoms with van der Waals surface area (Å²) in [6.45, 7) is 4.66. The van der Waals surface area contributed by atoms with Crippen molar-refractivity contribution in [3.63, 3.8) is 0 Å². The molecule has 2 aliphatic rings. The lowest BCUT2D eigenvalue weighted by Crippen LogP contribution is -2.63. The second-order valence-electron chi connectivity index (χ2n) is 12.4. The lowest BCUT2D eigenvalue weighted by atomic mass is 9.97. The smallest absolute Gasteiger partial charge is 0.303 e. The molecule has 3 heterocycles. The summed E-state index contributed by atoms with van der Waals surface area (Å²) in [5.41, 5.74) is 0.0523. The molecule has 0 bridgehead atoms. The van der Waals surface area contributed by atoms with Gasteiger partial charge in [-0.3, -0.25) is 28.8 Å². The van der Waals surface area contributed by atoms with E-state index in [1.165, 1.54) is 61.7 Å². The second kappa shape index (κ2) is 17.4. The molecule has 0 aliphatic carbocycles. The maximum absolute atomic E-state index is 13.3. The minimum absolute atomic E-state index is 0.00576. The molecule has 18 heteroatoms. The van der Waals surface area contributed by atoms with Crippen LogP contribution in [0.2, 0.25) is 0 Å². The van der Waals surface area contributed by atoms with Crippen LogP contribution in [0.5, 0.6) is 17.2 Å². The highest BCUT2D eigenvalue weighted by molar-refractivity contribution is 5.88. The number of hydrogen-bond acceptors (Lipinski definition) is 18. The molecule has 0 spiro atoms. The third kappa shape index (κ3) is 10.2. The summed E-state index contributed by atoms with van der Waals surface area (Å²) in [6, 6.07) is 8.39. The molecule has 5 rings (SSSR count). The monoisotopic (exact) mass is 770 g/mol. The number of hydrogen-bond donors (Lipinski definition) is 2. The van der Waals surface area contributed by atoms with Gasteiger partial charge in [-0.1, -0.05) is 18.2 Å². The summed E-state index contributed by atoms with van der Waals surface area (Å²) in [6.07, 6.45) is -6.72. The van der Waals surface area contributed by atoms with Gasteiger partial charge >= 0.3 is 29.8 Å². The zero-order valence-electron chi connectivity index (χ0n) is 30.2. The Morgan fingerprint density at radius 1 is 0.709 bits per heavy atom. The van der Waals surface area contributed by atoms with Crippen LogP contribution in [-0.2, 0) is 61.9 Å². The van der Waals surface area contributed by atoms with E-state index in [1.807, 2.05) is 0 Å². The molecule has 55 heavy (non-hydrogen) atoms. The van der Waals surface area contributed by atoms with Gasteiger partial charge in [0.25, 0.3) is 0 Å². The lowest BCUT2D eigenvalue weighted by Gasteiger charge is -2.45. The first kappa shape index (κ1) is 40.2. The van der Waals surface area contributed by atoms with Gasteiger partial charge in [-0.05, 0) is 23.8 Å². The quantitative estimate of drug-likeness (QED) is 0.153.